The topological polar surface area (TPSA) is 34.2 Å². The number of nitroso groups, excluding NO2 is 1. The van der Waals surface area contributed by atoms with Crippen LogP contribution in [0, 0.1) is 11.0 Å². The fraction of sp³-hybridized carbons (Fsp3) is 0. The number of para-hydroxylation sites is 1. The van der Waals surface area contributed by atoms with E-state index in [9.17, 15) is 4.91 Å². The minimum absolute atomic E-state index is 0. The van der Waals surface area contributed by atoms with Gasteiger partial charge in [-0.3, -0.25) is 0 Å². The number of benzene rings is 2. The van der Waals surface area contributed by atoms with E-state index < -0.39 is 0 Å². The summed E-state index contributed by atoms with van der Waals surface area (Å²) in [5.41, 5.74) is 4.91. The van der Waals surface area contributed by atoms with Crippen LogP contribution in [0.5, 0.6) is 0 Å². The van der Waals surface area contributed by atoms with Crippen LogP contribution in [0.15, 0.2) is 54.6 Å². The first-order valence-electron chi connectivity index (χ1n) is 4.57. The fourth-order valence-electron chi connectivity index (χ4n) is 1.16. The zero-order valence-corrected chi connectivity index (χ0v) is 9.87. The molecule has 4 heteroatoms. The van der Waals surface area contributed by atoms with Crippen molar-refractivity contribution in [3.8, 4) is 0 Å². The SMILES string of the molecule is O=[N+]([N-]c1ccccc1)c1[c-]cccc1.[Pd+2]. The summed E-state index contributed by atoms with van der Waals surface area (Å²) in [6.07, 6.45) is 0. The summed E-state index contributed by atoms with van der Waals surface area (Å²) in [5.74, 6) is 0. The van der Waals surface area contributed by atoms with Crippen LogP contribution in [0.2, 0.25) is 0 Å². The van der Waals surface area contributed by atoms with E-state index in [1.54, 1.807) is 36.4 Å². The molecule has 0 unspecified atom stereocenters. The van der Waals surface area contributed by atoms with E-state index in [2.05, 4.69) is 11.5 Å². The van der Waals surface area contributed by atoms with Gasteiger partial charge in [0.1, 0.15) is 5.69 Å². The van der Waals surface area contributed by atoms with E-state index in [-0.39, 0.29) is 20.4 Å². The first-order chi connectivity index (χ1) is 7.36. The molecule has 0 saturated carbocycles. The molecule has 0 spiro atoms. The van der Waals surface area contributed by atoms with Crippen molar-refractivity contribution in [3.05, 3.63) is 71.0 Å². The Morgan fingerprint density at radius 3 is 2.31 bits per heavy atom. The van der Waals surface area contributed by atoms with E-state index in [1.807, 2.05) is 18.2 Å². The molecule has 0 radical (unpaired) electrons. The Balaban J connectivity index is 0.00000128. The van der Waals surface area contributed by atoms with Crippen molar-refractivity contribution in [1.29, 1.82) is 0 Å². The van der Waals surface area contributed by atoms with Crippen LogP contribution in [-0.4, -0.2) is 4.87 Å². The zero-order chi connectivity index (χ0) is 10.5. The summed E-state index contributed by atoms with van der Waals surface area (Å²) in [6.45, 7) is 0. The summed E-state index contributed by atoms with van der Waals surface area (Å²) >= 11 is 0. The van der Waals surface area contributed by atoms with Crippen molar-refractivity contribution in [3.63, 3.8) is 0 Å². The van der Waals surface area contributed by atoms with E-state index in [1.165, 1.54) is 0 Å². The molecule has 2 rings (SSSR count). The van der Waals surface area contributed by atoms with Crippen LogP contribution in [-0.2, 0) is 20.4 Å². The second-order valence-corrected chi connectivity index (χ2v) is 2.96. The molecule has 0 fully saturated rings. The van der Waals surface area contributed by atoms with E-state index in [4.69, 9.17) is 0 Å². The van der Waals surface area contributed by atoms with E-state index in [0.29, 0.717) is 16.2 Å². The van der Waals surface area contributed by atoms with Crippen LogP contribution < -0.4 is 0 Å². The standard InChI is InChI=1S/C12H9N2O.Pd/c15-14(12-9-5-2-6-10-12)13-11-7-3-1-4-8-11;/h1-9H;/q-1;+2. The van der Waals surface area contributed by atoms with Crippen molar-refractivity contribution < 1.29 is 25.3 Å². The zero-order valence-electron chi connectivity index (χ0n) is 8.32. The van der Waals surface area contributed by atoms with Crippen molar-refractivity contribution in [2.45, 2.75) is 0 Å². The summed E-state index contributed by atoms with van der Waals surface area (Å²) in [4.78, 5) is 12.1. The minimum atomic E-state index is 0. The molecule has 0 aliphatic rings. The Morgan fingerprint density at radius 1 is 1.00 bits per heavy atom. The molecule has 0 bridgehead atoms. The van der Waals surface area contributed by atoms with Gasteiger partial charge in [0.05, 0.1) is 0 Å². The monoisotopic (exact) mass is 303 g/mol. The molecule has 0 aliphatic heterocycles. The number of hydrogen-bond acceptors (Lipinski definition) is 1. The van der Waals surface area contributed by atoms with Gasteiger partial charge in [-0.05, 0) is 4.87 Å². The molecule has 2 aromatic carbocycles. The Morgan fingerprint density at radius 2 is 1.69 bits per heavy atom. The van der Waals surface area contributed by atoms with Gasteiger partial charge in [-0.15, -0.1) is 6.07 Å². The number of rotatable bonds is 3. The van der Waals surface area contributed by atoms with Gasteiger partial charge in [-0.25, -0.2) is 0 Å². The fourth-order valence-corrected chi connectivity index (χ4v) is 1.16. The number of hydrogen-bond donors (Lipinski definition) is 0. The minimum Gasteiger partial charge on any atom is -0.357 e. The van der Waals surface area contributed by atoms with Crippen molar-refractivity contribution >= 4 is 11.4 Å². The summed E-state index contributed by atoms with van der Waals surface area (Å²) < 4.78 is 0. The normalized spacial score (nSPS) is 9.00. The first kappa shape index (κ1) is 12.6. The second kappa shape index (κ2) is 6.17. The van der Waals surface area contributed by atoms with Crippen molar-refractivity contribution in [1.82, 2.24) is 0 Å². The van der Waals surface area contributed by atoms with Gasteiger partial charge >= 0.3 is 20.4 Å². The van der Waals surface area contributed by atoms with Crippen LogP contribution in [0.3, 0.4) is 0 Å². The maximum atomic E-state index is 11.5. The molecule has 0 aromatic heterocycles. The maximum absolute atomic E-state index is 11.5. The third kappa shape index (κ3) is 3.27. The average molecular weight is 304 g/mol. The quantitative estimate of drug-likeness (QED) is 0.370. The molecule has 3 nitrogen and oxygen atoms in total. The van der Waals surface area contributed by atoms with Gasteiger partial charge in [0.2, 0.25) is 0 Å². The van der Waals surface area contributed by atoms with Crippen molar-refractivity contribution in [2.75, 3.05) is 0 Å². The molecule has 82 valence electrons. The smallest absolute Gasteiger partial charge is 0.357 e. The predicted octanol–water partition coefficient (Wildman–Crippen LogP) is 3.52. The van der Waals surface area contributed by atoms with Crippen LogP contribution >= 0.6 is 0 Å². The average Bonchev–Trinajstić information content (AvgIpc) is 2.31. The predicted molar refractivity (Wildman–Crippen MR) is 58.0 cm³/mol. The number of nitrogens with zero attached hydrogens (tertiary/aromatic N) is 2. The van der Waals surface area contributed by atoms with Gasteiger partial charge in [-0.2, -0.15) is 18.2 Å². The van der Waals surface area contributed by atoms with Gasteiger partial charge < -0.3 is 5.43 Å². The molecule has 0 atom stereocenters. The van der Waals surface area contributed by atoms with Crippen LogP contribution in [0.4, 0.5) is 11.4 Å². The molecule has 0 N–H and O–H groups in total. The first-order valence-corrected chi connectivity index (χ1v) is 4.57. The summed E-state index contributed by atoms with van der Waals surface area (Å²) in [6, 6.07) is 18.8. The Kier molecular flexibility index (Phi) is 4.84. The maximum Gasteiger partial charge on any atom is 2.00 e. The summed E-state index contributed by atoms with van der Waals surface area (Å²) in [5, 5.41) is 0. The molecular formula is C12H9N2OPd+. The molecule has 0 aliphatic carbocycles. The second-order valence-electron chi connectivity index (χ2n) is 2.96. The van der Waals surface area contributed by atoms with Crippen molar-refractivity contribution in [2.24, 2.45) is 0 Å². The van der Waals surface area contributed by atoms with Gasteiger partial charge in [0.15, 0.2) is 0 Å². The molecule has 0 saturated heterocycles. The molecule has 0 amide bonds. The third-order valence-electron chi connectivity index (χ3n) is 1.86. The Labute approximate surface area is 108 Å². The van der Waals surface area contributed by atoms with E-state index >= 15 is 0 Å². The Bertz CT molecular complexity index is 445. The molecule has 16 heavy (non-hydrogen) atoms. The molecule has 0 heterocycles. The molecule has 2 aromatic rings. The largest absolute Gasteiger partial charge is 2.00 e. The summed E-state index contributed by atoms with van der Waals surface area (Å²) in [7, 11) is 0. The molecular weight excluding hydrogens is 295 g/mol. The van der Waals surface area contributed by atoms with Gasteiger partial charge in [0.25, 0.3) is 0 Å². The van der Waals surface area contributed by atoms with Gasteiger partial charge in [-0.1, -0.05) is 42.1 Å². The Hall–Kier alpha value is -1.50. The van der Waals surface area contributed by atoms with Gasteiger partial charge in [0, 0.05) is 4.91 Å². The third-order valence-corrected chi connectivity index (χ3v) is 1.86. The van der Waals surface area contributed by atoms with E-state index in [0.717, 1.165) is 0 Å². The van der Waals surface area contributed by atoms with Crippen LogP contribution in [0.25, 0.3) is 5.43 Å². The van der Waals surface area contributed by atoms with Crippen LogP contribution in [0.1, 0.15) is 0 Å².